The van der Waals surface area contributed by atoms with Gasteiger partial charge in [-0.2, -0.15) is 0 Å². The van der Waals surface area contributed by atoms with Crippen LogP contribution in [0.2, 0.25) is 0 Å². The molecular formula is C21H25N5O3. The third kappa shape index (κ3) is 7.50. The van der Waals surface area contributed by atoms with Gasteiger partial charge in [-0.1, -0.05) is 24.1 Å². The zero-order valence-electron chi connectivity index (χ0n) is 16.9. The minimum Gasteiger partial charge on any atom is -0.444 e. The van der Waals surface area contributed by atoms with Gasteiger partial charge in [0.1, 0.15) is 17.1 Å². The number of primary amides is 1. The Bertz CT molecular complexity index is 927. The summed E-state index contributed by atoms with van der Waals surface area (Å²) in [4.78, 5) is 31.8. The number of benzene rings is 1. The largest absolute Gasteiger partial charge is 0.444 e. The smallest absolute Gasteiger partial charge is 0.407 e. The Kier molecular flexibility index (Phi) is 7.15. The van der Waals surface area contributed by atoms with Crippen LogP contribution in [-0.2, 0) is 4.74 Å². The van der Waals surface area contributed by atoms with Crippen LogP contribution in [0.1, 0.15) is 49.4 Å². The van der Waals surface area contributed by atoms with Gasteiger partial charge in [0, 0.05) is 18.2 Å². The summed E-state index contributed by atoms with van der Waals surface area (Å²) in [6.45, 7) is 7.57. The van der Waals surface area contributed by atoms with Crippen LogP contribution in [0.15, 0.2) is 36.5 Å². The van der Waals surface area contributed by atoms with Crippen molar-refractivity contribution in [2.24, 2.45) is 5.73 Å². The summed E-state index contributed by atoms with van der Waals surface area (Å²) in [5, 5.41) is 5.78. The molecule has 0 radical (unpaired) electrons. The maximum absolute atomic E-state index is 11.8. The molecule has 0 aliphatic rings. The Morgan fingerprint density at radius 2 is 1.90 bits per heavy atom. The molecule has 1 aromatic carbocycles. The maximum atomic E-state index is 11.8. The molecule has 1 heterocycles. The molecule has 152 valence electrons. The van der Waals surface area contributed by atoms with Gasteiger partial charge >= 0.3 is 6.09 Å². The number of aromatic nitrogens is 2. The van der Waals surface area contributed by atoms with Gasteiger partial charge in [-0.15, -0.1) is 0 Å². The SMILES string of the molecule is C[C@@H](CNc1cnc(C(N)=O)c(C#Cc2ccccc2)n1)NC(=O)OC(C)(C)C. The van der Waals surface area contributed by atoms with Crippen LogP contribution < -0.4 is 16.4 Å². The molecule has 2 aromatic rings. The van der Waals surface area contributed by atoms with Gasteiger partial charge < -0.3 is 21.1 Å². The Labute approximate surface area is 170 Å². The Balaban J connectivity index is 2.07. The number of nitrogens with zero attached hydrogens (tertiary/aromatic N) is 2. The average molecular weight is 395 g/mol. The molecule has 0 unspecified atom stereocenters. The molecule has 2 rings (SSSR count). The fraction of sp³-hybridized carbons (Fsp3) is 0.333. The van der Waals surface area contributed by atoms with Crippen molar-refractivity contribution in [2.45, 2.75) is 39.3 Å². The number of rotatable bonds is 5. The van der Waals surface area contributed by atoms with Crippen LogP contribution in [0.25, 0.3) is 0 Å². The van der Waals surface area contributed by atoms with Crippen LogP contribution in [0.5, 0.6) is 0 Å². The normalized spacial score (nSPS) is 11.6. The minimum absolute atomic E-state index is 0.00101. The predicted molar refractivity (Wildman–Crippen MR) is 110 cm³/mol. The fourth-order valence-corrected chi connectivity index (χ4v) is 2.21. The molecule has 0 spiro atoms. The molecule has 8 nitrogen and oxygen atoms in total. The number of nitrogens with two attached hydrogens (primary N) is 1. The van der Waals surface area contributed by atoms with Crippen molar-refractivity contribution < 1.29 is 14.3 Å². The molecule has 1 aromatic heterocycles. The van der Waals surface area contributed by atoms with E-state index in [0.29, 0.717) is 12.4 Å². The first-order valence-corrected chi connectivity index (χ1v) is 9.11. The van der Waals surface area contributed by atoms with Crippen LogP contribution in [0, 0.1) is 11.8 Å². The third-order valence-electron chi connectivity index (χ3n) is 3.46. The van der Waals surface area contributed by atoms with E-state index in [0.717, 1.165) is 5.56 Å². The highest BCUT2D eigenvalue weighted by Gasteiger charge is 2.18. The summed E-state index contributed by atoms with van der Waals surface area (Å²) in [6.07, 6.45) is 0.893. The number of ether oxygens (including phenoxy) is 1. The van der Waals surface area contributed by atoms with E-state index >= 15 is 0 Å². The summed E-state index contributed by atoms with van der Waals surface area (Å²) in [5.74, 6) is 5.48. The van der Waals surface area contributed by atoms with Crippen LogP contribution in [0.3, 0.4) is 0 Å². The lowest BCUT2D eigenvalue weighted by Crippen LogP contribution is -2.40. The monoisotopic (exact) mass is 395 g/mol. The zero-order chi connectivity index (χ0) is 21.4. The number of anilines is 1. The highest BCUT2D eigenvalue weighted by atomic mass is 16.6. The van der Waals surface area contributed by atoms with Gasteiger partial charge in [-0.05, 0) is 45.7 Å². The Morgan fingerprint density at radius 3 is 2.52 bits per heavy atom. The first kappa shape index (κ1) is 21.7. The van der Waals surface area contributed by atoms with E-state index in [-0.39, 0.29) is 17.4 Å². The predicted octanol–water partition coefficient (Wildman–Crippen LogP) is 2.30. The molecule has 0 saturated heterocycles. The highest BCUT2D eigenvalue weighted by Crippen LogP contribution is 2.09. The van der Waals surface area contributed by atoms with Gasteiger partial charge in [0.25, 0.3) is 5.91 Å². The van der Waals surface area contributed by atoms with Gasteiger partial charge in [0.05, 0.1) is 6.20 Å². The van der Waals surface area contributed by atoms with Crippen molar-refractivity contribution in [1.29, 1.82) is 0 Å². The number of hydrogen-bond donors (Lipinski definition) is 3. The lowest BCUT2D eigenvalue weighted by atomic mass is 10.2. The van der Waals surface area contributed by atoms with E-state index in [4.69, 9.17) is 10.5 Å². The standard InChI is InChI=1S/C21H25N5O3/c1-14(25-20(28)29-21(2,3)4)12-23-17-13-24-18(19(22)27)16(26-17)11-10-15-8-6-5-7-9-15/h5-9,13-14H,12H2,1-4H3,(H2,22,27)(H,23,26)(H,25,28)/t14-/m0/s1. The van der Waals surface area contributed by atoms with Gasteiger partial charge in [-0.25, -0.2) is 14.8 Å². The van der Waals surface area contributed by atoms with E-state index in [1.54, 1.807) is 20.8 Å². The first-order chi connectivity index (χ1) is 13.6. The molecule has 0 aliphatic carbocycles. The molecule has 0 bridgehead atoms. The van der Waals surface area contributed by atoms with Gasteiger partial charge in [-0.3, -0.25) is 4.79 Å². The molecule has 8 heteroatoms. The summed E-state index contributed by atoms with van der Waals surface area (Å²) in [7, 11) is 0. The molecule has 2 amide bonds. The lowest BCUT2D eigenvalue weighted by Gasteiger charge is -2.22. The fourth-order valence-electron chi connectivity index (χ4n) is 2.21. The molecule has 1 atom stereocenters. The topological polar surface area (TPSA) is 119 Å². The van der Waals surface area contributed by atoms with Crippen molar-refractivity contribution in [2.75, 3.05) is 11.9 Å². The number of nitrogens with one attached hydrogen (secondary N) is 2. The second-order valence-electron chi connectivity index (χ2n) is 7.36. The Hall–Kier alpha value is -3.60. The van der Waals surface area contributed by atoms with Crippen molar-refractivity contribution in [3.05, 3.63) is 53.5 Å². The first-order valence-electron chi connectivity index (χ1n) is 9.11. The van der Waals surface area contributed by atoms with E-state index in [1.165, 1.54) is 6.20 Å². The number of carbonyl (C=O) groups excluding carboxylic acids is 2. The van der Waals surface area contributed by atoms with Gasteiger partial charge in [0.2, 0.25) is 0 Å². The second kappa shape index (κ2) is 9.55. The molecule has 0 aliphatic heterocycles. The maximum Gasteiger partial charge on any atom is 0.407 e. The highest BCUT2D eigenvalue weighted by molar-refractivity contribution is 5.93. The van der Waals surface area contributed by atoms with Crippen molar-refractivity contribution in [3.63, 3.8) is 0 Å². The van der Waals surface area contributed by atoms with Crippen molar-refractivity contribution >= 4 is 17.8 Å². The quantitative estimate of drug-likeness (QED) is 0.669. The third-order valence-corrected chi connectivity index (χ3v) is 3.46. The number of carbonyl (C=O) groups is 2. The Morgan fingerprint density at radius 1 is 1.21 bits per heavy atom. The number of hydrogen-bond acceptors (Lipinski definition) is 6. The molecule has 29 heavy (non-hydrogen) atoms. The molecule has 4 N–H and O–H groups in total. The summed E-state index contributed by atoms with van der Waals surface area (Å²) >= 11 is 0. The average Bonchev–Trinajstić information content (AvgIpc) is 2.63. The van der Waals surface area contributed by atoms with Crippen LogP contribution in [0.4, 0.5) is 10.6 Å². The zero-order valence-corrected chi connectivity index (χ0v) is 16.9. The number of alkyl carbamates (subject to hydrolysis) is 1. The number of amides is 2. The van der Waals surface area contributed by atoms with Crippen LogP contribution in [-0.4, -0.2) is 40.2 Å². The molecule has 0 saturated carbocycles. The van der Waals surface area contributed by atoms with Crippen molar-refractivity contribution in [1.82, 2.24) is 15.3 Å². The van der Waals surface area contributed by atoms with Gasteiger partial charge in [0.15, 0.2) is 5.69 Å². The molecular weight excluding hydrogens is 370 g/mol. The van der Waals surface area contributed by atoms with E-state index < -0.39 is 17.6 Å². The molecule has 0 fully saturated rings. The minimum atomic E-state index is -0.707. The summed E-state index contributed by atoms with van der Waals surface area (Å²) < 4.78 is 5.22. The lowest BCUT2D eigenvalue weighted by molar-refractivity contribution is 0.0511. The van der Waals surface area contributed by atoms with Crippen molar-refractivity contribution in [3.8, 4) is 11.8 Å². The van der Waals surface area contributed by atoms with E-state index in [9.17, 15) is 9.59 Å². The van der Waals surface area contributed by atoms with E-state index in [1.807, 2.05) is 37.3 Å². The summed E-state index contributed by atoms with van der Waals surface area (Å²) in [6, 6.07) is 9.06. The summed E-state index contributed by atoms with van der Waals surface area (Å²) in [5.41, 5.74) is 5.76. The van der Waals surface area contributed by atoms with Crippen LogP contribution >= 0.6 is 0 Å². The van der Waals surface area contributed by atoms with E-state index in [2.05, 4.69) is 32.4 Å². The second-order valence-corrected chi connectivity index (χ2v) is 7.36.